The van der Waals surface area contributed by atoms with E-state index in [-0.39, 0.29) is 89.1 Å². The number of hydrogen-bond acceptors (Lipinski definition) is 0. The maximum absolute atomic E-state index is 9.66. The average molecular weight is 726 g/mol. The zero-order valence-electron chi connectivity index (χ0n) is 29.1. The van der Waals surface area contributed by atoms with E-state index in [0.29, 0.717) is 34.7 Å². The van der Waals surface area contributed by atoms with Crippen LogP contribution in [0.2, 0.25) is 0 Å². The van der Waals surface area contributed by atoms with E-state index >= 15 is 0 Å². The molecular weight excluding hydrogens is 660 g/mol. The summed E-state index contributed by atoms with van der Waals surface area (Å²) < 4.78 is 0. The Morgan fingerprint density at radius 2 is 0.350 bits per heavy atom. The summed E-state index contributed by atoms with van der Waals surface area (Å²) in [6.07, 6.45) is 0.854. The van der Waals surface area contributed by atoms with Crippen molar-refractivity contribution in [2.75, 3.05) is 0 Å². The molecule has 7 heteroatoms. The molecule has 0 rings (SSSR count). The van der Waals surface area contributed by atoms with E-state index in [4.69, 9.17) is 0 Å². The van der Waals surface area contributed by atoms with Crippen LogP contribution >= 0.6 is 0 Å². The first kappa shape index (κ1) is 46.2. The summed E-state index contributed by atoms with van der Waals surface area (Å²) in [5.41, 5.74) is -1.50. The Labute approximate surface area is 275 Å². The Bertz CT molecular complexity index is 693. The number of ketones is 6. The molecule has 6 nitrogen and oxygen atoms in total. The third-order valence-corrected chi connectivity index (χ3v) is 6.20. The van der Waals surface area contributed by atoms with Crippen molar-refractivity contribution in [1.29, 1.82) is 0 Å². The Morgan fingerprint density at radius 1 is 0.275 bits per heavy atom. The second-order valence-electron chi connectivity index (χ2n) is 16.7. The van der Waals surface area contributed by atoms with E-state index in [1.165, 1.54) is 0 Å². The monoisotopic (exact) mass is 724 g/mol. The van der Waals surface area contributed by atoms with Gasteiger partial charge in [0.15, 0.2) is 19.3 Å². The fourth-order valence-electron chi connectivity index (χ4n) is 2.07. The van der Waals surface area contributed by atoms with E-state index in [1.54, 1.807) is 0 Å². The molecule has 240 valence electrons. The first-order chi connectivity index (χ1) is 16.6. The zero-order chi connectivity index (χ0) is 32.6. The van der Waals surface area contributed by atoms with Gasteiger partial charge in [0.05, 0.1) is 32.5 Å². The Balaban J connectivity index is -0.000000240. The second kappa shape index (κ2) is 16.8. The van der Waals surface area contributed by atoms with Gasteiger partial charge in [0, 0.05) is 37.3 Å². The standard InChI is InChI=1S/3C11H20O2.Er/c3*1-10(2,3)8(12)7-9(13)11(4,5)6;/h3*7H2,1-6H3;/p+6. The predicted octanol–water partition coefficient (Wildman–Crippen LogP) is 7.68. The zero-order valence-corrected chi connectivity index (χ0v) is 30.9. The van der Waals surface area contributed by atoms with Gasteiger partial charge in [-0.15, -0.1) is 0 Å². The first-order valence-electron chi connectivity index (χ1n) is 14.0. The summed E-state index contributed by atoms with van der Waals surface area (Å²) in [4.78, 5) is 57.9. The molecule has 0 unspecified atom stereocenters. The molecule has 0 aromatic rings. The van der Waals surface area contributed by atoms with Crippen LogP contribution in [0, 0.1) is 69.8 Å². The van der Waals surface area contributed by atoms with Crippen LogP contribution in [0.5, 0.6) is 0 Å². The molecule has 0 heterocycles. The molecule has 0 aromatic carbocycles. The van der Waals surface area contributed by atoms with E-state index < -0.39 is 0 Å². The Morgan fingerprint density at radius 3 is 0.400 bits per heavy atom. The van der Waals surface area contributed by atoms with Gasteiger partial charge >= 0.3 is 34.7 Å². The van der Waals surface area contributed by atoms with E-state index in [2.05, 4.69) is 0 Å². The largest absolute Gasteiger partial charge is 0.311 e. The molecule has 40 heavy (non-hydrogen) atoms. The minimum Gasteiger partial charge on any atom is -0.282 e. The SMILES string of the molecule is CC(C)(C)C(=[OH+])CC(=[OH+])C(C)(C)C.CC(C)(C)C(=[OH+])CC(=[OH+])C(C)(C)C.CC(C)(C)C(=[OH+])CC(=[OH+])C(C)(C)C.[Er]. The maximum Gasteiger partial charge on any atom is 0.311 e. The first-order valence-corrected chi connectivity index (χ1v) is 14.0. The fourth-order valence-corrected chi connectivity index (χ4v) is 2.07. The average Bonchev–Trinajstić information content (AvgIpc) is 2.64. The van der Waals surface area contributed by atoms with E-state index in [1.807, 2.05) is 125 Å². The molecule has 0 radical (unpaired) electrons. The molecular formula is C33H66ErO6+6. The smallest absolute Gasteiger partial charge is 0.282 e. The van der Waals surface area contributed by atoms with E-state index in [9.17, 15) is 28.8 Å². The molecule has 0 aromatic heterocycles. The summed E-state index contributed by atoms with van der Waals surface area (Å²) in [6, 6.07) is 0. The molecule has 0 bridgehead atoms. The minimum atomic E-state index is -0.251. The van der Waals surface area contributed by atoms with Crippen molar-refractivity contribution in [3.8, 4) is 0 Å². The number of carbonyl (C=O) groups excluding carboxylic acids is 6. The molecule has 6 N–H and O–H groups in total. The van der Waals surface area contributed by atoms with Crippen LogP contribution in [0.3, 0.4) is 0 Å². The summed E-state index contributed by atoms with van der Waals surface area (Å²) in [6.45, 7) is 34.7. The van der Waals surface area contributed by atoms with Crippen LogP contribution in [0.15, 0.2) is 0 Å². The van der Waals surface area contributed by atoms with Gasteiger partial charge in [-0.25, -0.2) is 0 Å². The van der Waals surface area contributed by atoms with Crippen LogP contribution in [0.4, 0.5) is 0 Å². The van der Waals surface area contributed by atoms with Crippen molar-refractivity contribution in [3.63, 3.8) is 0 Å². The van der Waals surface area contributed by atoms with Gasteiger partial charge in [0.2, 0.25) is 0 Å². The topological polar surface area (TPSA) is 128 Å². The summed E-state index contributed by atoms with van der Waals surface area (Å²) in [5.74, 6) is 2.00. The molecule has 0 saturated heterocycles. The molecule has 0 fully saturated rings. The molecule has 0 aliphatic heterocycles. The van der Waals surface area contributed by atoms with Crippen molar-refractivity contribution >= 4 is 34.7 Å². The van der Waals surface area contributed by atoms with Crippen molar-refractivity contribution in [2.24, 2.45) is 32.5 Å². The number of hydrogen-bond donors (Lipinski definition) is 0. The van der Waals surface area contributed by atoms with Crippen LogP contribution < -0.4 is 0 Å². The van der Waals surface area contributed by atoms with Gasteiger partial charge in [-0.1, -0.05) is 0 Å². The van der Waals surface area contributed by atoms with Gasteiger partial charge in [-0.05, 0) is 125 Å². The molecule has 0 aliphatic rings. The maximum atomic E-state index is 9.66. The molecule has 0 saturated carbocycles. The van der Waals surface area contributed by atoms with Crippen LogP contribution in [-0.2, 0) is 0 Å². The van der Waals surface area contributed by atoms with Gasteiger partial charge in [0.25, 0.3) is 0 Å². The van der Waals surface area contributed by atoms with Crippen LogP contribution in [0.1, 0.15) is 144 Å². The Kier molecular flexibility index (Phi) is 19.4. The normalized spacial score (nSPS) is 12.4. The summed E-state index contributed by atoms with van der Waals surface area (Å²) in [5, 5.41) is 0. The predicted molar refractivity (Wildman–Crippen MR) is 172 cm³/mol. The third kappa shape index (κ3) is 21.9. The molecule has 0 amide bonds. The Hall–Kier alpha value is -0.733. The van der Waals surface area contributed by atoms with Gasteiger partial charge in [0.1, 0.15) is 0 Å². The van der Waals surface area contributed by atoms with Crippen molar-refractivity contribution in [2.45, 2.75) is 144 Å². The van der Waals surface area contributed by atoms with Gasteiger partial charge in [-0.3, -0.25) is 28.8 Å². The van der Waals surface area contributed by atoms with Crippen molar-refractivity contribution in [3.05, 3.63) is 0 Å². The van der Waals surface area contributed by atoms with Gasteiger partial charge < -0.3 is 0 Å². The molecule has 0 spiro atoms. The van der Waals surface area contributed by atoms with E-state index in [0.717, 1.165) is 0 Å². The second-order valence-corrected chi connectivity index (χ2v) is 16.7. The van der Waals surface area contributed by atoms with Crippen molar-refractivity contribution < 1.29 is 66.1 Å². The van der Waals surface area contributed by atoms with Crippen LogP contribution in [-0.4, -0.2) is 63.5 Å². The fraction of sp³-hybridized carbons (Fsp3) is 0.818. The van der Waals surface area contributed by atoms with Crippen molar-refractivity contribution in [1.82, 2.24) is 0 Å². The quantitative estimate of drug-likeness (QED) is 0.197. The van der Waals surface area contributed by atoms with Crippen LogP contribution in [0.25, 0.3) is 0 Å². The summed E-state index contributed by atoms with van der Waals surface area (Å²) in [7, 11) is 0. The molecule has 0 atom stereocenters. The summed E-state index contributed by atoms with van der Waals surface area (Å²) >= 11 is 0. The molecule has 0 aliphatic carbocycles. The van der Waals surface area contributed by atoms with Gasteiger partial charge in [-0.2, -0.15) is 0 Å². The number of rotatable bonds is 6. The third-order valence-electron chi connectivity index (χ3n) is 6.20. The minimum absolute atomic E-state index is 0.